The van der Waals surface area contributed by atoms with Crippen LogP contribution in [0.5, 0.6) is 0 Å². The number of rotatable bonds is 12. The topological polar surface area (TPSA) is 329 Å². The van der Waals surface area contributed by atoms with Crippen molar-refractivity contribution in [3.63, 3.8) is 0 Å². The second kappa shape index (κ2) is 19.8. The van der Waals surface area contributed by atoms with Crippen molar-refractivity contribution < 1.29 is 64.6 Å². The van der Waals surface area contributed by atoms with Crippen molar-refractivity contribution in [3.05, 3.63) is 34.2 Å². The predicted molar refractivity (Wildman–Crippen MR) is 183 cm³/mol. The molecule has 3 aliphatic heterocycles. The van der Waals surface area contributed by atoms with Gasteiger partial charge in [0.25, 0.3) is 0 Å². The van der Waals surface area contributed by atoms with E-state index in [1.807, 2.05) is 13.8 Å². The van der Waals surface area contributed by atoms with Crippen molar-refractivity contribution in [2.24, 2.45) is 17.0 Å². The number of hydrogen-bond acceptors (Lipinski definition) is 19. The van der Waals surface area contributed by atoms with Gasteiger partial charge in [-0.3, -0.25) is 9.69 Å². The molecule has 5 rings (SSSR count). The molecule has 0 aromatic carbocycles. The summed E-state index contributed by atoms with van der Waals surface area (Å²) < 4.78 is 24.2. The minimum absolute atomic E-state index is 0.0345. The summed E-state index contributed by atoms with van der Waals surface area (Å²) in [5.74, 6) is 2.50. The fourth-order valence-corrected chi connectivity index (χ4v) is 6.62. The van der Waals surface area contributed by atoms with Gasteiger partial charge in [0.15, 0.2) is 18.7 Å². The van der Waals surface area contributed by atoms with Gasteiger partial charge in [-0.2, -0.15) is 0 Å². The summed E-state index contributed by atoms with van der Waals surface area (Å²) in [6, 6.07) is 0. The third kappa shape index (κ3) is 10.3. The molecule has 0 spiro atoms. The number of carbonyl (C=O) groups excluding carboxylic acids is 1. The molecule has 3 aliphatic rings. The summed E-state index contributed by atoms with van der Waals surface area (Å²) in [7, 11) is 0. The van der Waals surface area contributed by atoms with Crippen LogP contribution in [0.1, 0.15) is 58.0 Å². The Kier molecular flexibility index (Phi) is 15.8. The summed E-state index contributed by atoms with van der Waals surface area (Å²) in [5, 5.41) is 98.9. The number of ether oxygens (including phenoxy) is 4. The van der Waals surface area contributed by atoms with Crippen LogP contribution in [0.25, 0.3) is 10.4 Å². The highest BCUT2D eigenvalue weighted by atomic mass is 16.6. The lowest BCUT2D eigenvalue weighted by molar-refractivity contribution is -0.254. The minimum Gasteiger partial charge on any atom is -0.459 e. The van der Waals surface area contributed by atoms with E-state index in [1.165, 1.54) is 28.7 Å². The first-order valence-corrected chi connectivity index (χ1v) is 17.6. The number of nitrogens with zero attached hydrogens (tertiary/aromatic N) is 10. The van der Waals surface area contributed by atoms with Crippen LogP contribution in [0.2, 0.25) is 0 Å². The molecule has 55 heavy (non-hydrogen) atoms. The van der Waals surface area contributed by atoms with E-state index in [0.717, 1.165) is 6.42 Å². The quantitative estimate of drug-likeness (QED) is 0.0352. The second-order valence-electron chi connectivity index (χ2n) is 13.6. The third-order valence-corrected chi connectivity index (χ3v) is 9.86. The Bertz CT molecular complexity index is 1540. The fraction of sp³-hybridized carbons (Fsp3) is 0.781. The van der Waals surface area contributed by atoms with E-state index in [0.29, 0.717) is 11.4 Å². The third-order valence-electron chi connectivity index (χ3n) is 9.86. The van der Waals surface area contributed by atoms with Crippen LogP contribution in [-0.2, 0) is 36.8 Å². The van der Waals surface area contributed by atoms with Gasteiger partial charge in [-0.15, -0.1) is 16.6 Å². The molecular formula is C32H50N10O13. The van der Waals surface area contributed by atoms with E-state index in [2.05, 4.69) is 43.5 Å². The molecule has 23 nitrogen and oxygen atoms in total. The smallest absolute Gasteiger partial charge is 0.303 e. The molecule has 15 atom stereocenters. The SMILES string of the molecule is C#CCN(Cc1cn([C@H]2O[C@H](CO)[C@@H](O)[C@H](O)[C@@H]2O)nn1)Cc1cn([C@H]2O[C@H](CO)[C@@H](O)[C@H](O)[C@@H]2O)nn1.CC[C@H]1O[C@H](N=[N+]=[N-])[C@@H](OC(C)=O)[C@@H](C)[C@@H]1C. The van der Waals surface area contributed by atoms with E-state index in [9.17, 15) is 45.6 Å². The Hall–Kier alpha value is -3.86. The van der Waals surface area contributed by atoms with E-state index in [1.54, 1.807) is 4.90 Å². The second-order valence-corrected chi connectivity index (χ2v) is 13.6. The molecule has 0 amide bonds. The maximum atomic E-state index is 11.1. The lowest BCUT2D eigenvalue weighted by atomic mass is 9.82. The highest BCUT2D eigenvalue weighted by Gasteiger charge is 2.46. The Morgan fingerprint density at radius 2 is 1.36 bits per heavy atom. The zero-order valence-corrected chi connectivity index (χ0v) is 30.7. The summed E-state index contributed by atoms with van der Waals surface area (Å²) in [4.78, 5) is 15.6. The van der Waals surface area contributed by atoms with E-state index in [4.69, 9.17) is 30.9 Å². The molecule has 5 heterocycles. The number of aliphatic hydroxyl groups is 8. The molecule has 3 saturated heterocycles. The molecule has 0 bridgehead atoms. The average Bonchev–Trinajstić information content (AvgIpc) is 3.83. The summed E-state index contributed by atoms with van der Waals surface area (Å²) >= 11 is 0. The van der Waals surface area contributed by atoms with E-state index < -0.39 is 86.8 Å². The van der Waals surface area contributed by atoms with Crippen molar-refractivity contribution in [1.29, 1.82) is 0 Å². The van der Waals surface area contributed by atoms with Crippen LogP contribution in [0, 0.1) is 24.2 Å². The standard InChI is InChI=1S/C21H31N7O10.C11H19N3O3/c1-2-3-26(4-10-6-27(24-22-10)20-18(35)16(33)14(31)12(8-29)37-20)5-11-7-28(25-23-11)21-19(36)17(34)15(32)13(9-30)38-21;1-5-9-6(2)7(3)10(16-8(4)15)11(17-9)13-14-12/h1,6-7,12-21,29-36H,3-5,8-9H2;6-7,9-11H,5H2,1-4H3/t12-,13-,14-,15-,16+,17+,18+,19+,20+,21+;6-,7-,9+,10-,11-/m10/s1. The van der Waals surface area contributed by atoms with Crippen LogP contribution in [0.3, 0.4) is 0 Å². The van der Waals surface area contributed by atoms with Gasteiger partial charge in [0.1, 0.15) is 54.9 Å². The molecular weight excluding hydrogens is 732 g/mol. The molecule has 306 valence electrons. The van der Waals surface area contributed by atoms with Gasteiger partial charge in [-0.05, 0) is 17.9 Å². The zero-order chi connectivity index (χ0) is 40.6. The van der Waals surface area contributed by atoms with Gasteiger partial charge in [0.2, 0.25) is 0 Å². The molecule has 2 aromatic heterocycles. The molecule has 8 N–H and O–H groups in total. The van der Waals surface area contributed by atoms with Crippen LogP contribution >= 0.6 is 0 Å². The van der Waals surface area contributed by atoms with Crippen LogP contribution in [0.4, 0.5) is 0 Å². The predicted octanol–water partition coefficient (Wildman–Crippen LogP) is -2.91. The van der Waals surface area contributed by atoms with Crippen molar-refractivity contribution in [3.8, 4) is 12.3 Å². The normalized spacial score (nSPS) is 36.3. The first-order valence-electron chi connectivity index (χ1n) is 17.6. The number of terminal acetylenes is 1. The molecule has 3 fully saturated rings. The Balaban J connectivity index is 0.000000332. The van der Waals surface area contributed by atoms with Crippen molar-refractivity contribution in [2.45, 2.75) is 127 Å². The summed E-state index contributed by atoms with van der Waals surface area (Å²) in [6.45, 7) is 6.77. The monoisotopic (exact) mass is 782 g/mol. The highest BCUT2D eigenvalue weighted by Crippen LogP contribution is 2.35. The van der Waals surface area contributed by atoms with Gasteiger partial charge in [-0.25, -0.2) is 9.36 Å². The Morgan fingerprint density at radius 3 is 1.76 bits per heavy atom. The number of hydrogen-bond donors (Lipinski definition) is 8. The van der Waals surface area contributed by atoms with Gasteiger partial charge < -0.3 is 59.8 Å². The largest absolute Gasteiger partial charge is 0.459 e. The number of azide groups is 1. The summed E-state index contributed by atoms with van der Waals surface area (Å²) in [6.07, 6.45) is -5.72. The van der Waals surface area contributed by atoms with Gasteiger partial charge >= 0.3 is 5.97 Å². The fourth-order valence-electron chi connectivity index (χ4n) is 6.62. The zero-order valence-electron chi connectivity index (χ0n) is 30.7. The van der Waals surface area contributed by atoms with Gasteiger partial charge in [0, 0.05) is 30.8 Å². The van der Waals surface area contributed by atoms with Gasteiger partial charge in [-0.1, -0.05) is 42.2 Å². The Morgan fingerprint density at radius 1 is 0.873 bits per heavy atom. The molecule has 0 saturated carbocycles. The van der Waals surface area contributed by atoms with Gasteiger partial charge in [0.05, 0.1) is 49.6 Å². The maximum absolute atomic E-state index is 11.1. The minimum atomic E-state index is -1.57. The van der Waals surface area contributed by atoms with Crippen molar-refractivity contribution >= 4 is 5.97 Å². The number of aromatic nitrogens is 6. The first kappa shape index (κ1) is 43.9. The molecule has 0 radical (unpaired) electrons. The van der Waals surface area contributed by atoms with Crippen molar-refractivity contribution in [1.82, 2.24) is 34.9 Å². The average molecular weight is 783 g/mol. The molecule has 0 aliphatic carbocycles. The Labute approximate surface area is 315 Å². The lowest BCUT2D eigenvalue weighted by Crippen LogP contribution is -2.56. The van der Waals surface area contributed by atoms with Crippen LogP contribution in [0.15, 0.2) is 17.5 Å². The number of aliphatic hydroxyl groups excluding tert-OH is 8. The number of esters is 1. The van der Waals surface area contributed by atoms with Crippen molar-refractivity contribution in [2.75, 3.05) is 19.8 Å². The van der Waals surface area contributed by atoms with Crippen LogP contribution < -0.4 is 0 Å². The van der Waals surface area contributed by atoms with E-state index >= 15 is 0 Å². The highest BCUT2D eigenvalue weighted by molar-refractivity contribution is 5.66. The number of carbonyl (C=O) groups is 1. The maximum Gasteiger partial charge on any atom is 0.303 e. The molecule has 23 heteroatoms. The summed E-state index contributed by atoms with van der Waals surface area (Å²) in [5.41, 5.74) is 9.35. The lowest BCUT2D eigenvalue weighted by Gasteiger charge is -2.42. The molecule has 2 aromatic rings. The van der Waals surface area contributed by atoms with Crippen LogP contribution in [-0.4, -0.2) is 169 Å². The molecule has 0 unspecified atom stereocenters. The van der Waals surface area contributed by atoms with E-state index in [-0.39, 0.29) is 43.5 Å². The first-order chi connectivity index (χ1) is 26.2.